The molecule has 0 unspecified atom stereocenters. The molecule has 9 heteroatoms. The number of rotatable bonds is 6. The summed E-state index contributed by atoms with van der Waals surface area (Å²) in [5.74, 6) is 3.54. The summed E-state index contributed by atoms with van der Waals surface area (Å²) in [5, 5.41) is 15.5. The third kappa shape index (κ3) is 7.14. The lowest BCUT2D eigenvalue weighted by Crippen LogP contribution is -2.48. The average molecular weight is 505 g/mol. The smallest absolute Gasteiger partial charge is 0.191 e. The van der Waals surface area contributed by atoms with Crippen LogP contribution in [-0.2, 0) is 18.3 Å². The largest absolute Gasteiger partial charge is 0.379 e. The van der Waals surface area contributed by atoms with E-state index in [0.717, 1.165) is 62.9 Å². The van der Waals surface area contributed by atoms with E-state index in [0.29, 0.717) is 12.6 Å². The number of aryl methyl sites for hydroxylation is 1. The van der Waals surface area contributed by atoms with Crippen molar-refractivity contribution in [2.45, 2.75) is 52.1 Å². The molecule has 2 heterocycles. The van der Waals surface area contributed by atoms with Gasteiger partial charge in [-0.2, -0.15) is 0 Å². The first kappa shape index (κ1) is 23.3. The standard InChI is InChI=1S/C19H35N7O.HI/c1-15-4-6-17(7-5-15)22-19(20-8-9-26-10-12-27-13-11-26)21-14-18-24-23-16(2)25(18)3;/h15,17H,4-14H2,1-3H3,(H2,20,21,22);1H. The van der Waals surface area contributed by atoms with Crippen molar-refractivity contribution in [2.75, 3.05) is 39.4 Å². The molecule has 8 nitrogen and oxygen atoms in total. The van der Waals surface area contributed by atoms with Crippen LogP contribution in [0.4, 0.5) is 0 Å². The SMILES string of the molecule is Cc1nnc(CN=C(NCCN2CCOCC2)NC2CCC(C)CC2)n1C.I. The predicted octanol–water partition coefficient (Wildman–Crippen LogP) is 1.69. The molecule has 160 valence electrons. The van der Waals surface area contributed by atoms with Gasteiger partial charge in [0.05, 0.1) is 13.2 Å². The molecule has 1 aromatic heterocycles. The van der Waals surface area contributed by atoms with Crippen molar-refractivity contribution in [3.63, 3.8) is 0 Å². The number of nitrogens with one attached hydrogen (secondary N) is 2. The van der Waals surface area contributed by atoms with Gasteiger partial charge in [-0.05, 0) is 38.5 Å². The second-order valence-corrected chi connectivity index (χ2v) is 7.87. The number of morpholine rings is 1. The van der Waals surface area contributed by atoms with E-state index in [-0.39, 0.29) is 24.0 Å². The van der Waals surface area contributed by atoms with E-state index in [9.17, 15) is 0 Å². The molecule has 1 aromatic rings. The number of guanidine groups is 1. The molecule has 2 aliphatic rings. The van der Waals surface area contributed by atoms with Gasteiger partial charge in [-0.25, -0.2) is 4.99 Å². The van der Waals surface area contributed by atoms with Crippen LogP contribution in [0.15, 0.2) is 4.99 Å². The van der Waals surface area contributed by atoms with Crippen LogP contribution >= 0.6 is 24.0 Å². The van der Waals surface area contributed by atoms with Gasteiger partial charge in [0.1, 0.15) is 12.4 Å². The minimum Gasteiger partial charge on any atom is -0.379 e. The Morgan fingerprint density at radius 3 is 2.54 bits per heavy atom. The Hall–Kier alpha value is -0.940. The van der Waals surface area contributed by atoms with E-state index >= 15 is 0 Å². The van der Waals surface area contributed by atoms with E-state index in [1.165, 1.54) is 25.7 Å². The highest BCUT2D eigenvalue weighted by molar-refractivity contribution is 14.0. The number of nitrogens with zero attached hydrogens (tertiary/aromatic N) is 5. The van der Waals surface area contributed by atoms with Crippen LogP contribution in [0.3, 0.4) is 0 Å². The third-order valence-electron chi connectivity index (χ3n) is 5.74. The highest BCUT2D eigenvalue weighted by Crippen LogP contribution is 2.23. The van der Waals surface area contributed by atoms with Crippen LogP contribution in [0.1, 0.15) is 44.3 Å². The summed E-state index contributed by atoms with van der Waals surface area (Å²) in [6, 6.07) is 0.511. The molecule has 0 bridgehead atoms. The van der Waals surface area contributed by atoms with Crippen LogP contribution in [0.5, 0.6) is 0 Å². The van der Waals surface area contributed by atoms with Crippen molar-refractivity contribution in [3.8, 4) is 0 Å². The minimum atomic E-state index is 0. The highest BCUT2D eigenvalue weighted by Gasteiger charge is 2.19. The summed E-state index contributed by atoms with van der Waals surface area (Å²) in [5.41, 5.74) is 0. The van der Waals surface area contributed by atoms with Crippen molar-refractivity contribution in [3.05, 3.63) is 11.6 Å². The fourth-order valence-electron chi connectivity index (χ4n) is 3.65. The van der Waals surface area contributed by atoms with Gasteiger partial charge < -0.3 is 19.9 Å². The van der Waals surface area contributed by atoms with E-state index in [4.69, 9.17) is 9.73 Å². The summed E-state index contributed by atoms with van der Waals surface area (Å²) >= 11 is 0. The molecule has 0 amide bonds. The molecule has 0 atom stereocenters. The average Bonchev–Trinajstić information content (AvgIpc) is 3.00. The summed E-state index contributed by atoms with van der Waals surface area (Å²) in [6.07, 6.45) is 5.02. The molecule has 0 spiro atoms. The zero-order chi connectivity index (χ0) is 19.1. The van der Waals surface area contributed by atoms with Crippen molar-refractivity contribution in [1.29, 1.82) is 0 Å². The maximum absolute atomic E-state index is 5.42. The topological polar surface area (TPSA) is 79.6 Å². The van der Waals surface area contributed by atoms with Gasteiger partial charge in [-0.1, -0.05) is 6.92 Å². The fraction of sp³-hybridized carbons (Fsp3) is 0.842. The third-order valence-corrected chi connectivity index (χ3v) is 5.74. The van der Waals surface area contributed by atoms with Crippen LogP contribution in [0, 0.1) is 12.8 Å². The second-order valence-electron chi connectivity index (χ2n) is 7.87. The molecular formula is C19H36IN7O. The van der Waals surface area contributed by atoms with Crippen molar-refractivity contribution in [1.82, 2.24) is 30.3 Å². The monoisotopic (exact) mass is 505 g/mol. The van der Waals surface area contributed by atoms with Gasteiger partial charge in [-0.3, -0.25) is 4.90 Å². The maximum Gasteiger partial charge on any atom is 0.191 e. The van der Waals surface area contributed by atoms with Crippen LogP contribution < -0.4 is 10.6 Å². The molecule has 2 N–H and O–H groups in total. The summed E-state index contributed by atoms with van der Waals surface area (Å²) in [6.45, 7) is 10.4. The maximum atomic E-state index is 5.42. The zero-order valence-electron chi connectivity index (χ0n) is 17.5. The molecule has 3 rings (SSSR count). The van der Waals surface area contributed by atoms with Crippen molar-refractivity contribution >= 4 is 29.9 Å². The first-order valence-electron chi connectivity index (χ1n) is 10.3. The van der Waals surface area contributed by atoms with E-state index < -0.39 is 0 Å². The summed E-state index contributed by atoms with van der Waals surface area (Å²) < 4.78 is 7.42. The molecule has 28 heavy (non-hydrogen) atoms. The normalized spacial score (nSPS) is 23.9. The Labute approximate surface area is 185 Å². The molecule has 0 radical (unpaired) electrons. The quantitative estimate of drug-likeness (QED) is 0.348. The van der Waals surface area contributed by atoms with Crippen LogP contribution in [0.2, 0.25) is 0 Å². The number of aromatic nitrogens is 3. The molecule has 2 fully saturated rings. The Morgan fingerprint density at radius 2 is 1.89 bits per heavy atom. The molecule has 1 aliphatic carbocycles. The Kier molecular flexibility index (Phi) is 9.93. The lowest BCUT2D eigenvalue weighted by Gasteiger charge is -2.29. The molecule has 1 saturated carbocycles. The minimum absolute atomic E-state index is 0. The second kappa shape index (κ2) is 11.9. The van der Waals surface area contributed by atoms with E-state index in [2.05, 4.69) is 32.7 Å². The number of aliphatic imine (C=N–C) groups is 1. The Balaban J connectivity index is 0.00000280. The lowest BCUT2D eigenvalue weighted by atomic mass is 9.87. The number of halogens is 1. The summed E-state index contributed by atoms with van der Waals surface area (Å²) in [4.78, 5) is 7.22. The zero-order valence-corrected chi connectivity index (χ0v) is 19.8. The molecule has 1 saturated heterocycles. The van der Waals surface area contributed by atoms with Gasteiger partial charge in [-0.15, -0.1) is 34.2 Å². The number of hydrogen-bond donors (Lipinski definition) is 2. The first-order chi connectivity index (χ1) is 13.1. The molecular weight excluding hydrogens is 469 g/mol. The number of ether oxygens (including phenoxy) is 1. The van der Waals surface area contributed by atoms with Crippen LogP contribution in [-0.4, -0.2) is 71.1 Å². The molecule has 0 aromatic carbocycles. The van der Waals surface area contributed by atoms with Crippen molar-refractivity contribution in [2.24, 2.45) is 18.0 Å². The van der Waals surface area contributed by atoms with E-state index in [1.54, 1.807) is 0 Å². The van der Waals surface area contributed by atoms with Gasteiger partial charge in [0.25, 0.3) is 0 Å². The summed E-state index contributed by atoms with van der Waals surface area (Å²) in [7, 11) is 1.99. The van der Waals surface area contributed by atoms with Crippen LogP contribution in [0.25, 0.3) is 0 Å². The van der Waals surface area contributed by atoms with Gasteiger partial charge in [0.15, 0.2) is 11.8 Å². The van der Waals surface area contributed by atoms with Crippen molar-refractivity contribution < 1.29 is 4.74 Å². The Bertz CT molecular complexity index is 607. The number of hydrogen-bond acceptors (Lipinski definition) is 5. The highest BCUT2D eigenvalue weighted by atomic mass is 127. The first-order valence-corrected chi connectivity index (χ1v) is 10.3. The Morgan fingerprint density at radius 1 is 1.18 bits per heavy atom. The van der Waals surface area contributed by atoms with Gasteiger partial charge in [0, 0.05) is 39.3 Å². The lowest BCUT2D eigenvalue weighted by molar-refractivity contribution is 0.0389. The fourth-order valence-corrected chi connectivity index (χ4v) is 3.65. The van der Waals surface area contributed by atoms with Gasteiger partial charge in [0.2, 0.25) is 0 Å². The molecule has 1 aliphatic heterocycles. The predicted molar refractivity (Wildman–Crippen MR) is 122 cm³/mol. The van der Waals surface area contributed by atoms with Gasteiger partial charge >= 0.3 is 0 Å². The van der Waals surface area contributed by atoms with E-state index in [1.807, 2.05) is 18.5 Å².